The van der Waals surface area contributed by atoms with Crippen molar-refractivity contribution in [3.8, 4) is 0 Å². The molecule has 3 atom stereocenters. The lowest BCUT2D eigenvalue weighted by molar-refractivity contribution is -0.198. The maximum atomic E-state index is 11.9. The molecular weight excluding hydrogens is 356 g/mol. The second-order valence-corrected chi connectivity index (χ2v) is 8.81. The first-order valence-electron chi connectivity index (χ1n) is 11.3. The van der Waals surface area contributed by atoms with Crippen LogP contribution in [0.3, 0.4) is 0 Å². The number of ether oxygens (including phenoxy) is 2. The molecule has 0 radical (unpaired) electrons. The van der Waals surface area contributed by atoms with Gasteiger partial charge in [-0.2, -0.15) is 0 Å². The number of hydrogen-bond acceptors (Lipinski definition) is 4. The van der Waals surface area contributed by atoms with E-state index in [0.29, 0.717) is 19.6 Å². The minimum absolute atomic E-state index is 0.0226. The molecule has 0 bridgehead atoms. The Morgan fingerprint density at radius 1 is 1.21 bits per heavy atom. The lowest BCUT2D eigenvalue weighted by Gasteiger charge is -2.33. The molecule has 28 heavy (non-hydrogen) atoms. The number of allylic oxidation sites excluding steroid dienone is 1. The lowest BCUT2D eigenvalue weighted by atomic mass is 9.83. The molecule has 0 aromatic heterocycles. The Kier molecular flexibility index (Phi) is 9.45. The Hall–Kier alpha value is -0.910. The van der Waals surface area contributed by atoms with E-state index in [1.165, 1.54) is 0 Å². The highest BCUT2D eigenvalue weighted by Gasteiger charge is 2.52. The Morgan fingerprint density at radius 2 is 1.96 bits per heavy atom. The van der Waals surface area contributed by atoms with E-state index < -0.39 is 17.4 Å². The summed E-state index contributed by atoms with van der Waals surface area (Å²) in [6.07, 6.45) is 15.4. The highest BCUT2D eigenvalue weighted by Crippen LogP contribution is 2.47. The standard InChI is InChI=1S/C23H40O5/c1-3-4-9-14-22(2,26)15-10-7-5-6-8-12-19(21(24)25)20-13-11-16-23(20)27-17-18-28-23/h10,15,19-20,26H,3-9,11-14,16-18H2,1-2H3,(H,24,25). The summed E-state index contributed by atoms with van der Waals surface area (Å²) in [5.41, 5.74) is -0.707. The van der Waals surface area contributed by atoms with E-state index in [1.807, 2.05) is 13.0 Å². The van der Waals surface area contributed by atoms with Crippen LogP contribution in [0.15, 0.2) is 12.2 Å². The molecular formula is C23H40O5. The SMILES string of the molecule is CCCCCC(C)(O)C=CCCCCCC(C(=O)O)C1CCCC12OCCO2. The number of rotatable bonds is 13. The molecule has 5 nitrogen and oxygen atoms in total. The number of aliphatic hydroxyl groups is 1. The highest BCUT2D eigenvalue weighted by molar-refractivity contribution is 5.70. The summed E-state index contributed by atoms with van der Waals surface area (Å²) in [5.74, 6) is -1.75. The quantitative estimate of drug-likeness (QED) is 0.336. The Labute approximate surface area is 170 Å². The van der Waals surface area contributed by atoms with Crippen LogP contribution in [0.4, 0.5) is 0 Å². The van der Waals surface area contributed by atoms with Crippen LogP contribution in [-0.2, 0) is 14.3 Å². The lowest BCUT2D eigenvalue weighted by Crippen LogP contribution is -2.41. The van der Waals surface area contributed by atoms with Crippen molar-refractivity contribution in [3.05, 3.63) is 12.2 Å². The molecule has 2 fully saturated rings. The smallest absolute Gasteiger partial charge is 0.306 e. The molecule has 1 saturated carbocycles. The molecule has 1 spiro atoms. The van der Waals surface area contributed by atoms with Gasteiger partial charge in [0.2, 0.25) is 0 Å². The van der Waals surface area contributed by atoms with Gasteiger partial charge in [0.25, 0.3) is 0 Å². The van der Waals surface area contributed by atoms with Gasteiger partial charge in [-0.1, -0.05) is 51.2 Å². The van der Waals surface area contributed by atoms with Gasteiger partial charge in [-0.15, -0.1) is 0 Å². The third-order valence-corrected chi connectivity index (χ3v) is 6.33. The summed E-state index contributed by atoms with van der Waals surface area (Å²) in [4.78, 5) is 11.9. The van der Waals surface area contributed by atoms with Crippen molar-refractivity contribution in [2.24, 2.45) is 11.8 Å². The third-order valence-electron chi connectivity index (χ3n) is 6.33. The summed E-state index contributed by atoms with van der Waals surface area (Å²) in [6, 6.07) is 0. The molecule has 1 heterocycles. The van der Waals surface area contributed by atoms with Crippen LogP contribution in [0, 0.1) is 11.8 Å². The number of carboxylic acids is 1. The van der Waals surface area contributed by atoms with Gasteiger partial charge in [-0.05, 0) is 45.4 Å². The molecule has 0 aromatic carbocycles. The summed E-state index contributed by atoms with van der Waals surface area (Å²) in [5, 5.41) is 20.1. The van der Waals surface area contributed by atoms with Crippen LogP contribution >= 0.6 is 0 Å². The minimum atomic E-state index is -0.714. The van der Waals surface area contributed by atoms with Crippen molar-refractivity contribution in [3.63, 3.8) is 0 Å². The summed E-state index contributed by atoms with van der Waals surface area (Å²) in [7, 11) is 0. The molecule has 162 valence electrons. The first-order valence-corrected chi connectivity index (χ1v) is 11.3. The predicted molar refractivity (Wildman–Crippen MR) is 110 cm³/mol. The first kappa shape index (κ1) is 23.4. The molecule has 1 aliphatic heterocycles. The Balaban J connectivity index is 1.68. The number of carbonyl (C=O) groups is 1. The van der Waals surface area contributed by atoms with Gasteiger partial charge >= 0.3 is 5.97 Å². The maximum Gasteiger partial charge on any atom is 0.306 e. The monoisotopic (exact) mass is 396 g/mol. The predicted octanol–water partition coefficient (Wildman–Crippen LogP) is 5.07. The fraction of sp³-hybridized carbons (Fsp3) is 0.870. The van der Waals surface area contributed by atoms with Gasteiger partial charge in [0.1, 0.15) is 0 Å². The second kappa shape index (κ2) is 11.3. The fourth-order valence-corrected chi connectivity index (χ4v) is 4.76. The maximum absolute atomic E-state index is 11.9. The number of carboxylic acid groups (broad SMARTS) is 1. The molecule has 0 aromatic rings. The van der Waals surface area contributed by atoms with E-state index in [0.717, 1.165) is 70.6 Å². The van der Waals surface area contributed by atoms with E-state index in [4.69, 9.17) is 9.47 Å². The average Bonchev–Trinajstić information content (AvgIpc) is 3.27. The van der Waals surface area contributed by atoms with E-state index >= 15 is 0 Å². The highest BCUT2D eigenvalue weighted by atomic mass is 16.7. The summed E-state index contributed by atoms with van der Waals surface area (Å²) < 4.78 is 11.7. The van der Waals surface area contributed by atoms with Crippen LogP contribution in [0.5, 0.6) is 0 Å². The Bertz CT molecular complexity index is 488. The minimum Gasteiger partial charge on any atom is -0.481 e. The Morgan fingerprint density at radius 3 is 2.64 bits per heavy atom. The van der Waals surface area contributed by atoms with Crippen LogP contribution < -0.4 is 0 Å². The van der Waals surface area contributed by atoms with Crippen molar-refractivity contribution >= 4 is 5.97 Å². The van der Waals surface area contributed by atoms with Crippen molar-refractivity contribution in [1.29, 1.82) is 0 Å². The molecule has 2 rings (SSSR count). The van der Waals surface area contributed by atoms with Gasteiger partial charge in [0, 0.05) is 12.3 Å². The third kappa shape index (κ3) is 6.85. The van der Waals surface area contributed by atoms with Crippen LogP contribution in [-0.4, -0.2) is 40.8 Å². The van der Waals surface area contributed by atoms with Crippen molar-refractivity contribution in [2.75, 3.05) is 13.2 Å². The topological polar surface area (TPSA) is 76.0 Å². The van der Waals surface area contributed by atoms with Gasteiger partial charge in [-0.3, -0.25) is 4.79 Å². The number of aliphatic carboxylic acids is 1. The summed E-state index contributed by atoms with van der Waals surface area (Å²) >= 11 is 0. The first-order chi connectivity index (χ1) is 13.4. The van der Waals surface area contributed by atoms with Gasteiger partial charge in [0.05, 0.1) is 24.7 Å². The molecule has 2 aliphatic rings. The molecule has 1 aliphatic carbocycles. The largest absolute Gasteiger partial charge is 0.481 e. The fourth-order valence-electron chi connectivity index (χ4n) is 4.76. The zero-order valence-electron chi connectivity index (χ0n) is 17.8. The summed E-state index contributed by atoms with van der Waals surface area (Å²) in [6.45, 7) is 5.20. The molecule has 1 saturated heterocycles. The molecule has 5 heteroatoms. The van der Waals surface area contributed by atoms with E-state index in [1.54, 1.807) is 0 Å². The van der Waals surface area contributed by atoms with Gasteiger partial charge < -0.3 is 19.7 Å². The van der Waals surface area contributed by atoms with Crippen molar-refractivity contribution < 1.29 is 24.5 Å². The zero-order chi connectivity index (χ0) is 20.5. The second-order valence-electron chi connectivity index (χ2n) is 8.81. The van der Waals surface area contributed by atoms with E-state index in [9.17, 15) is 15.0 Å². The van der Waals surface area contributed by atoms with Crippen molar-refractivity contribution in [1.82, 2.24) is 0 Å². The average molecular weight is 397 g/mol. The van der Waals surface area contributed by atoms with E-state index in [2.05, 4.69) is 13.0 Å². The van der Waals surface area contributed by atoms with Crippen LogP contribution in [0.2, 0.25) is 0 Å². The number of hydrogen-bond donors (Lipinski definition) is 2. The van der Waals surface area contributed by atoms with Gasteiger partial charge in [0.15, 0.2) is 5.79 Å². The normalized spacial score (nSPS) is 24.8. The molecule has 3 unspecified atom stereocenters. The zero-order valence-corrected chi connectivity index (χ0v) is 17.8. The number of unbranched alkanes of at least 4 members (excludes halogenated alkanes) is 5. The van der Waals surface area contributed by atoms with Crippen LogP contribution in [0.25, 0.3) is 0 Å². The van der Waals surface area contributed by atoms with Gasteiger partial charge in [-0.25, -0.2) is 0 Å². The van der Waals surface area contributed by atoms with E-state index in [-0.39, 0.29) is 11.8 Å². The molecule has 0 amide bonds. The van der Waals surface area contributed by atoms with Crippen molar-refractivity contribution in [2.45, 2.75) is 102 Å². The van der Waals surface area contributed by atoms with Crippen LogP contribution in [0.1, 0.15) is 90.9 Å². The molecule has 2 N–H and O–H groups in total.